The number of rotatable bonds is 0. The molecule has 0 spiro atoms. The lowest BCUT2D eigenvalue weighted by Gasteiger charge is -2.29. The molecule has 24 radical (unpaired) electrons. The molecule has 2 saturated heterocycles. The second-order valence-electron chi connectivity index (χ2n) is 5.50. The van der Waals surface area contributed by atoms with Crippen LogP contribution in [-0.2, 0) is 0 Å². The Bertz CT molecular complexity index is 391. The highest BCUT2D eigenvalue weighted by Crippen LogP contribution is 2.48. The third-order valence-electron chi connectivity index (χ3n) is 3.71. The largest absolute Gasteiger partial charge is 0.0984 e. The molecule has 0 bridgehead atoms. The second kappa shape index (κ2) is 5.48. The maximum Gasteiger partial charge on any atom is 0.0270 e. The van der Waals surface area contributed by atoms with Gasteiger partial charge in [-0.25, -0.2) is 0 Å². The minimum atomic E-state index is -0.685. The summed E-state index contributed by atoms with van der Waals surface area (Å²) in [7, 11) is 31.4. The van der Waals surface area contributed by atoms with Gasteiger partial charge in [-0.2, -0.15) is 0 Å². The molecule has 19 heavy (non-hydrogen) atoms. The molecule has 0 nitrogen and oxygen atoms in total. The highest BCUT2D eigenvalue weighted by Gasteiger charge is 2.46. The molecule has 0 aromatic heterocycles. The van der Waals surface area contributed by atoms with Crippen molar-refractivity contribution in [3.63, 3.8) is 0 Å². The maximum absolute atomic E-state index is 3.98. The summed E-state index contributed by atoms with van der Waals surface area (Å²) in [6.07, 6.45) is 4.60. The lowest BCUT2D eigenvalue weighted by atomic mass is 10.4. The van der Waals surface area contributed by atoms with E-state index >= 15 is 0 Å². The minimum absolute atomic E-state index is 0.107. The van der Waals surface area contributed by atoms with Gasteiger partial charge in [-0.15, -0.1) is 0 Å². The first-order valence-electron chi connectivity index (χ1n) is 5.91. The SMILES string of the molecule is [Si]C1([Si])CCC([Si])([Si])[Si]1=[Si]=[Si]1C([Si])([Si])CCC1([Si])[Si]. The zero-order valence-electron chi connectivity index (χ0n) is 10.3. The van der Waals surface area contributed by atoms with Crippen LogP contribution in [0.1, 0.15) is 25.7 Å². The van der Waals surface area contributed by atoms with Crippen molar-refractivity contribution in [2.45, 2.75) is 42.8 Å². The Kier molecular flexibility index (Phi) is 5.12. The molecule has 84 valence electrons. The molecule has 2 heterocycles. The molecule has 0 saturated carbocycles. The van der Waals surface area contributed by atoms with E-state index in [2.05, 4.69) is 81.9 Å². The van der Waals surface area contributed by atoms with Gasteiger partial charge < -0.3 is 0 Å². The van der Waals surface area contributed by atoms with Crippen molar-refractivity contribution < 1.29 is 0 Å². The lowest BCUT2D eigenvalue weighted by molar-refractivity contribution is 0.822. The summed E-state index contributed by atoms with van der Waals surface area (Å²) >= 11 is 0. The van der Waals surface area contributed by atoms with Crippen molar-refractivity contribution in [2.24, 2.45) is 0 Å². The molecule has 2 fully saturated rings. The first-order chi connectivity index (χ1) is 8.39. The highest BCUT2D eigenvalue weighted by molar-refractivity contribution is 7.18. The normalized spacial score (nSPS) is 30.5. The van der Waals surface area contributed by atoms with Crippen molar-refractivity contribution in [2.75, 3.05) is 0 Å². The van der Waals surface area contributed by atoms with Gasteiger partial charge in [0.2, 0.25) is 0 Å². The van der Waals surface area contributed by atoms with E-state index in [0.29, 0.717) is 0 Å². The number of hydrogen-bond acceptors (Lipinski definition) is 0. The summed E-state index contributed by atoms with van der Waals surface area (Å²) in [5.41, 5.74) is 0. The molecule has 11 heteroatoms. The Hall–Kier alpha value is 2.39. The van der Waals surface area contributed by atoms with Gasteiger partial charge in [0.05, 0.1) is 0 Å². The molecule has 0 aromatic rings. The van der Waals surface area contributed by atoms with Gasteiger partial charge in [0.1, 0.15) is 0 Å². The molecule has 0 amide bonds. The lowest BCUT2D eigenvalue weighted by Crippen LogP contribution is -2.39. The fourth-order valence-electron chi connectivity index (χ4n) is 2.53. The van der Waals surface area contributed by atoms with Gasteiger partial charge in [0.15, 0.2) is 0 Å². The van der Waals surface area contributed by atoms with E-state index in [1.54, 1.807) is 0 Å². The molecule has 2 rings (SSSR count). The molecular formula is C8H8Si11. The van der Waals surface area contributed by atoms with Crippen molar-refractivity contribution in [1.29, 1.82) is 0 Å². The van der Waals surface area contributed by atoms with E-state index in [1.807, 2.05) is 0 Å². The van der Waals surface area contributed by atoms with E-state index in [9.17, 15) is 0 Å². The summed E-state index contributed by atoms with van der Waals surface area (Å²) in [6.45, 7) is 0. The summed E-state index contributed by atoms with van der Waals surface area (Å²) < 4.78 is 0.428. The molecule has 0 atom stereocenters. The first-order valence-corrected chi connectivity index (χ1v) is 15.9. The van der Waals surface area contributed by atoms with Crippen LogP contribution < -0.4 is 0 Å². The Morgan fingerprint density at radius 1 is 0.526 bits per heavy atom. The monoisotopic (exact) mass is 412 g/mol. The summed E-state index contributed by atoms with van der Waals surface area (Å²) in [5, 5.41) is 0. The topological polar surface area (TPSA) is 0 Å². The van der Waals surface area contributed by atoms with Crippen molar-refractivity contribution in [1.82, 2.24) is 0 Å². The van der Waals surface area contributed by atoms with Crippen LogP contribution in [0.5, 0.6) is 0 Å². The van der Waals surface area contributed by atoms with Gasteiger partial charge in [-0.1, -0.05) is 33.4 Å². The first kappa shape index (κ1) is 17.7. The van der Waals surface area contributed by atoms with Gasteiger partial charge in [0.25, 0.3) is 0 Å². The van der Waals surface area contributed by atoms with E-state index in [1.165, 1.54) is 0 Å². The Morgan fingerprint density at radius 2 is 0.737 bits per heavy atom. The third-order valence-corrected chi connectivity index (χ3v) is 33.7. The summed E-state index contributed by atoms with van der Waals surface area (Å²) in [5.74, 6) is 0. The summed E-state index contributed by atoms with van der Waals surface area (Å²) in [4.78, 5) is 0. The van der Waals surface area contributed by atoms with Gasteiger partial charge in [-0.05, 0) is 17.1 Å². The fourth-order valence-corrected chi connectivity index (χ4v) is 44.0. The van der Waals surface area contributed by atoms with Crippen molar-refractivity contribution in [3.05, 3.63) is 0 Å². The van der Waals surface area contributed by atoms with E-state index in [-0.39, 0.29) is 17.1 Å². The molecule has 0 aliphatic carbocycles. The second-order valence-corrected chi connectivity index (χ2v) is 29.5. The van der Waals surface area contributed by atoms with Crippen LogP contribution >= 0.6 is 0 Å². The smallest absolute Gasteiger partial charge is 0.0270 e. The van der Waals surface area contributed by atoms with Crippen LogP contribution in [-0.4, -0.2) is 105 Å². The fraction of sp³-hybridized carbons (Fsp3) is 1.00. The van der Waals surface area contributed by atoms with Crippen LogP contribution in [0.15, 0.2) is 0 Å². The molecule has 2 aliphatic rings. The molecule has 0 unspecified atom stereocenters. The van der Waals surface area contributed by atoms with E-state index in [0.717, 1.165) is 33.4 Å². The van der Waals surface area contributed by atoms with Gasteiger partial charge in [-0.3, -0.25) is 0 Å². The highest BCUT2D eigenvalue weighted by atomic mass is 29.2. The zero-order chi connectivity index (χ0) is 14.7. The van der Waals surface area contributed by atoms with E-state index in [4.69, 9.17) is 0 Å². The predicted octanol–water partition coefficient (Wildman–Crippen LogP) is -1.77. The Balaban J connectivity index is 2.68. The third kappa shape index (κ3) is 3.50. The van der Waals surface area contributed by atoms with Gasteiger partial charge >= 0.3 is 0 Å². The molecule has 0 aromatic carbocycles. The van der Waals surface area contributed by atoms with Crippen LogP contribution in [0, 0.1) is 0 Å². The van der Waals surface area contributed by atoms with Gasteiger partial charge in [0, 0.05) is 97.7 Å². The summed E-state index contributed by atoms with van der Waals surface area (Å²) in [6, 6.07) is 0. The molecular weight excluding hydrogens is 405 g/mol. The van der Waals surface area contributed by atoms with Crippen molar-refractivity contribution >= 4 is 105 Å². The number of hydrogen-bond donors (Lipinski definition) is 0. The average molecular weight is 413 g/mol. The van der Waals surface area contributed by atoms with Crippen LogP contribution in [0.25, 0.3) is 0 Å². The zero-order valence-corrected chi connectivity index (χ0v) is 21.3. The van der Waals surface area contributed by atoms with Crippen LogP contribution in [0.2, 0.25) is 17.1 Å². The average Bonchev–Trinajstić information content (AvgIpc) is 2.55. The maximum atomic E-state index is 3.98. The van der Waals surface area contributed by atoms with E-state index < -0.39 is 15.8 Å². The quantitative estimate of drug-likeness (QED) is 0.413. The standard InChI is InChI=1S/C8H8Si11/c9-5(10)1-2-6(11,12)18(5)17-19-7(13,14)3-4-8(19,15)16/h1-4H2. The van der Waals surface area contributed by atoms with Crippen LogP contribution in [0.4, 0.5) is 0 Å². The Morgan fingerprint density at radius 3 is 0.947 bits per heavy atom. The van der Waals surface area contributed by atoms with Crippen molar-refractivity contribution in [3.8, 4) is 0 Å². The molecule has 2 aliphatic heterocycles. The minimum Gasteiger partial charge on any atom is -0.0984 e. The predicted molar refractivity (Wildman–Crippen MR) is 92.5 cm³/mol. The van der Waals surface area contributed by atoms with Crippen LogP contribution in [0.3, 0.4) is 0 Å². The molecule has 0 N–H and O–H groups in total. The Labute approximate surface area is 147 Å².